The van der Waals surface area contributed by atoms with Crippen molar-refractivity contribution in [2.75, 3.05) is 11.9 Å². The molecule has 0 aliphatic carbocycles. The number of rotatable bonds is 2. The maximum absolute atomic E-state index is 6.31. The molecule has 0 saturated heterocycles. The number of nitrogens with zero attached hydrogens (tertiary/aromatic N) is 2. The number of furan rings is 1. The van der Waals surface area contributed by atoms with Crippen molar-refractivity contribution in [3.8, 4) is 17.1 Å². The molecule has 0 radical (unpaired) electrons. The highest BCUT2D eigenvalue weighted by atomic mass is 35.5. The Morgan fingerprint density at radius 2 is 2.13 bits per heavy atom. The fourth-order valence-electron chi connectivity index (χ4n) is 3.11. The van der Waals surface area contributed by atoms with Crippen LogP contribution in [0.3, 0.4) is 0 Å². The minimum atomic E-state index is 0.750. The van der Waals surface area contributed by atoms with Crippen LogP contribution in [0, 0.1) is 6.92 Å². The van der Waals surface area contributed by atoms with Crippen LogP contribution in [-0.4, -0.2) is 16.3 Å². The van der Waals surface area contributed by atoms with Gasteiger partial charge in [0.05, 0.1) is 12.0 Å². The fourth-order valence-corrected chi connectivity index (χ4v) is 3.28. The number of aromatic nitrogens is 2. The second-order valence-electron chi connectivity index (χ2n) is 5.83. The first-order valence-electron chi connectivity index (χ1n) is 7.91. The number of hydrogen-bond donors (Lipinski definition) is 1. The lowest BCUT2D eigenvalue weighted by Crippen LogP contribution is -2.08. The third kappa shape index (κ3) is 2.43. The predicted molar refractivity (Wildman–Crippen MR) is 92.4 cm³/mol. The van der Waals surface area contributed by atoms with Crippen LogP contribution < -0.4 is 5.32 Å². The predicted octanol–water partition coefficient (Wildman–Crippen LogP) is 4.84. The topological polar surface area (TPSA) is 43.0 Å². The minimum absolute atomic E-state index is 0.750. The number of anilines is 1. The van der Waals surface area contributed by atoms with Gasteiger partial charge in [-0.1, -0.05) is 17.7 Å². The van der Waals surface area contributed by atoms with Gasteiger partial charge < -0.3 is 9.73 Å². The Labute approximate surface area is 140 Å². The number of halogens is 1. The van der Waals surface area contributed by atoms with E-state index in [9.17, 15) is 0 Å². The third-order valence-electron chi connectivity index (χ3n) is 4.35. The zero-order chi connectivity index (χ0) is 15.8. The van der Waals surface area contributed by atoms with Gasteiger partial charge in [-0.2, -0.15) is 5.10 Å². The van der Waals surface area contributed by atoms with Gasteiger partial charge in [-0.15, -0.1) is 0 Å². The van der Waals surface area contributed by atoms with Gasteiger partial charge in [-0.25, -0.2) is 4.68 Å². The summed E-state index contributed by atoms with van der Waals surface area (Å²) in [5.41, 5.74) is 4.16. The van der Waals surface area contributed by atoms with E-state index < -0.39 is 0 Å². The third-order valence-corrected chi connectivity index (χ3v) is 4.76. The first kappa shape index (κ1) is 14.4. The molecule has 0 amide bonds. The molecular formula is C18H18ClN3O. The molecule has 0 unspecified atom stereocenters. The Hall–Kier alpha value is -2.20. The molecule has 1 aliphatic rings. The van der Waals surface area contributed by atoms with Crippen molar-refractivity contribution in [2.45, 2.75) is 26.2 Å². The summed E-state index contributed by atoms with van der Waals surface area (Å²) in [6.07, 6.45) is 4.99. The zero-order valence-corrected chi connectivity index (χ0v) is 13.7. The molecule has 5 heteroatoms. The van der Waals surface area contributed by atoms with Crippen LogP contribution in [0.15, 0.2) is 41.0 Å². The lowest BCUT2D eigenvalue weighted by molar-refractivity contribution is 0.578. The zero-order valence-electron chi connectivity index (χ0n) is 13.0. The van der Waals surface area contributed by atoms with Gasteiger partial charge in [-0.3, -0.25) is 0 Å². The van der Waals surface area contributed by atoms with E-state index in [1.54, 1.807) is 6.26 Å². The van der Waals surface area contributed by atoms with Crippen LogP contribution in [0.2, 0.25) is 5.02 Å². The molecular weight excluding hydrogens is 310 g/mol. The Balaban J connectivity index is 1.95. The molecule has 0 fully saturated rings. The SMILES string of the molecule is Cc1c(Cl)cccc1-n1nc(-c2ccco2)c2c1NCCCC2. The van der Waals surface area contributed by atoms with E-state index in [1.165, 1.54) is 5.56 Å². The van der Waals surface area contributed by atoms with Gasteiger partial charge in [0.2, 0.25) is 0 Å². The average Bonchev–Trinajstić information content (AvgIpc) is 3.12. The summed E-state index contributed by atoms with van der Waals surface area (Å²) in [5, 5.41) is 9.14. The second-order valence-corrected chi connectivity index (χ2v) is 6.24. The Morgan fingerprint density at radius 3 is 2.96 bits per heavy atom. The monoisotopic (exact) mass is 327 g/mol. The normalized spacial score (nSPS) is 14.2. The van der Waals surface area contributed by atoms with Gasteiger partial charge in [-0.05, 0) is 56.0 Å². The summed E-state index contributed by atoms with van der Waals surface area (Å²) >= 11 is 6.31. The maximum atomic E-state index is 6.31. The standard InChI is InChI=1S/C18H18ClN3O/c1-12-14(19)7-4-8-15(12)22-18-13(6-2-3-10-20-18)17(21-22)16-9-5-11-23-16/h4-5,7-9,11,20H,2-3,6,10H2,1H3. The van der Waals surface area contributed by atoms with Crippen molar-refractivity contribution < 1.29 is 4.42 Å². The minimum Gasteiger partial charge on any atom is -0.463 e. The Morgan fingerprint density at radius 1 is 1.22 bits per heavy atom. The number of nitrogens with one attached hydrogen (secondary N) is 1. The quantitative estimate of drug-likeness (QED) is 0.732. The molecule has 2 aromatic heterocycles. The highest BCUT2D eigenvalue weighted by Gasteiger charge is 2.23. The summed E-state index contributed by atoms with van der Waals surface area (Å²) in [7, 11) is 0. The van der Waals surface area contributed by atoms with E-state index in [2.05, 4.69) is 5.32 Å². The van der Waals surface area contributed by atoms with Gasteiger partial charge in [0.1, 0.15) is 11.5 Å². The van der Waals surface area contributed by atoms with Crippen LogP contribution >= 0.6 is 11.6 Å². The maximum Gasteiger partial charge on any atom is 0.154 e. The smallest absolute Gasteiger partial charge is 0.154 e. The molecule has 0 bridgehead atoms. The highest BCUT2D eigenvalue weighted by molar-refractivity contribution is 6.31. The van der Waals surface area contributed by atoms with Gasteiger partial charge in [0.25, 0.3) is 0 Å². The number of benzene rings is 1. The van der Waals surface area contributed by atoms with Crippen LogP contribution in [0.4, 0.5) is 5.82 Å². The van der Waals surface area contributed by atoms with E-state index in [-0.39, 0.29) is 0 Å². The first-order valence-corrected chi connectivity index (χ1v) is 8.28. The Bertz CT molecular complexity index is 836. The lowest BCUT2D eigenvalue weighted by Gasteiger charge is -2.12. The van der Waals surface area contributed by atoms with E-state index in [0.29, 0.717) is 0 Å². The second kappa shape index (κ2) is 5.78. The van der Waals surface area contributed by atoms with E-state index in [1.807, 2.05) is 41.9 Å². The molecule has 0 saturated carbocycles. The summed E-state index contributed by atoms with van der Waals surface area (Å²) in [6, 6.07) is 9.77. The number of fused-ring (bicyclic) bond motifs is 1. The van der Waals surface area contributed by atoms with E-state index in [0.717, 1.165) is 59.4 Å². The summed E-state index contributed by atoms with van der Waals surface area (Å²) < 4.78 is 7.57. The van der Waals surface area contributed by atoms with Crippen LogP contribution in [0.5, 0.6) is 0 Å². The molecule has 4 rings (SSSR count). The van der Waals surface area contributed by atoms with Crippen molar-refractivity contribution >= 4 is 17.4 Å². The lowest BCUT2D eigenvalue weighted by atomic mass is 10.1. The highest BCUT2D eigenvalue weighted by Crippen LogP contribution is 2.35. The summed E-state index contributed by atoms with van der Waals surface area (Å²) in [6.45, 7) is 2.98. The Kier molecular flexibility index (Phi) is 3.62. The average molecular weight is 328 g/mol. The molecule has 0 atom stereocenters. The van der Waals surface area contributed by atoms with Crippen molar-refractivity contribution in [1.29, 1.82) is 0 Å². The molecule has 3 aromatic rings. The molecule has 3 heterocycles. The van der Waals surface area contributed by atoms with Gasteiger partial charge in [0, 0.05) is 17.1 Å². The van der Waals surface area contributed by atoms with Crippen molar-refractivity contribution in [3.63, 3.8) is 0 Å². The van der Waals surface area contributed by atoms with Crippen LogP contribution in [0.1, 0.15) is 24.0 Å². The molecule has 0 spiro atoms. The van der Waals surface area contributed by atoms with E-state index >= 15 is 0 Å². The van der Waals surface area contributed by atoms with Crippen molar-refractivity contribution in [1.82, 2.24) is 9.78 Å². The molecule has 4 nitrogen and oxygen atoms in total. The van der Waals surface area contributed by atoms with Crippen molar-refractivity contribution in [2.24, 2.45) is 0 Å². The van der Waals surface area contributed by atoms with E-state index in [4.69, 9.17) is 21.1 Å². The van der Waals surface area contributed by atoms with Gasteiger partial charge >= 0.3 is 0 Å². The molecule has 23 heavy (non-hydrogen) atoms. The van der Waals surface area contributed by atoms with Crippen LogP contribution in [-0.2, 0) is 6.42 Å². The molecule has 118 valence electrons. The number of hydrogen-bond acceptors (Lipinski definition) is 3. The van der Waals surface area contributed by atoms with Crippen molar-refractivity contribution in [3.05, 3.63) is 52.7 Å². The summed E-state index contributed by atoms with van der Waals surface area (Å²) in [4.78, 5) is 0. The summed E-state index contributed by atoms with van der Waals surface area (Å²) in [5.74, 6) is 1.86. The van der Waals surface area contributed by atoms with Gasteiger partial charge in [0.15, 0.2) is 5.76 Å². The molecule has 1 aliphatic heterocycles. The first-order chi connectivity index (χ1) is 11.3. The largest absolute Gasteiger partial charge is 0.463 e. The molecule has 1 N–H and O–H groups in total. The fraction of sp³-hybridized carbons (Fsp3) is 0.278. The molecule has 1 aromatic carbocycles. The van der Waals surface area contributed by atoms with Crippen LogP contribution in [0.25, 0.3) is 17.1 Å².